The molecule has 106 valence electrons. The van der Waals surface area contributed by atoms with Gasteiger partial charge in [-0.05, 0) is 37.1 Å². The van der Waals surface area contributed by atoms with Gasteiger partial charge in [-0.3, -0.25) is 0 Å². The molecule has 0 saturated heterocycles. The molecule has 2 aromatic rings. The summed E-state index contributed by atoms with van der Waals surface area (Å²) in [6.07, 6.45) is 0. The van der Waals surface area contributed by atoms with E-state index in [-0.39, 0.29) is 6.04 Å². The van der Waals surface area contributed by atoms with Crippen molar-refractivity contribution in [2.75, 3.05) is 5.32 Å². The van der Waals surface area contributed by atoms with Crippen LogP contribution in [0.5, 0.6) is 0 Å². The van der Waals surface area contributed by atoms with Crippen molar-refractivity contribution in [2.45, 2.75) is 19.9 Å². The molecule has 0 fully saturated rings. The number of aryl methyl sites for hydroxylation is 1. The van der Waals surface area contributed by atoms with Crippen molar-refractivity contribution in [3.05, 3.63) is 61.5 Å². The zero-order valence-corrected chi connectivity index (χ0v) is 14.0. The third-order valence-corrected chi connectivity index (χ3v) is 4.74. The van der Waals surface area contributed by atoms with Crippen LogP contribution in [-0.2, 0) is 0 Å². The van der Waals surface area contributed by atoms with E-state index in [0.717, 1.165) is 16.8 Å². The number of nitrogens with one attached hydrogen (secondary N) is 1. The van der Waals surface area contributed by atoms with Gasteiger partial charge in [0.2, 0.25) is 0 Å². The number of para-hydroxylation sites is 1. The van der Waals surface area contributed by atoms with Crippen LogP contribution in [0.3, 0.4) is 0 Å². The molecule has 2 aromatic carbocycles. The molecule has 0 bridgehead atoms. The van der Waals surface area contributed by atoms with Gasteiger partial charge < -0.3 is 5.32 Å². The standard InChI is InChI=1S/C15H13Cl4N/c1-8-4-3-5-12(17)15(8)20-9(2)10-6-7-11(16)14(19)13(10)18/h3-7,9,20H,1-2H3. The quantitative estimate of drug-likeness (QED) is 0.602. The predicted molar refractivity (Wildman–Crippen MR) is 89.7 cm³/mol. The molecule has 1 N–H and O–H groups in total. The summed E-state index contributed by atoms with van der Waals surface area (Å²) >= 11 is 24.5. The van der Waals surface area contributed by atoms with E-state index in [2.05, 4.69) is 5.32 Å². The van der Waals surface area contributed by atoms with Crippen LogP contribution in [0.1, 0.15) is 24.1 Å². The first-order valence-corrected chi connectivity index (χ1v) is 7.58. The summed E-state index contributed by atoms with van der Waals surface area (Å²) in [6.45, 7) is 3.99. The average Bonchev–Trinajstić information content (AvgIpc) is 2.40. The predicted octanol–water partition coefficient (Wildman–Crippen LogP) is 6.78. The number of halogens is 4. The molecule has 5 heteroatoms. The summed E-state index contributed by atoms with van der Waals surface area (Å²) in [6, 6.07) is 9.32. The van der Waals surface area contributed by atoms with E-state index >= 15 is 0 Å². The number of rotatable bonds is 3. The smallest absolute Gasteiger partial charge is 0.0782 e. The lowest BCUT2D eigenvalue weighted by Gasteiger charge is -2.20. The summed E-state index contributed by atoms with van der Waals surface area (Å²) < 4.78 is 0. The van der Waals surface area contributed by atoms with E-state index in [1.807, 2.05) is 38.1 Å². The van der Waals surface area contributed by atoms with Crippen molar-refractivity contribution in [1.29, 1.82) is 0 Å². The van der Waals surface area contributed by atoms with Gasteiger partial charge in [0, 0.05) is 0 Å². The number of anilines is 1. The SMILES string of the molecule is Cc1cccc(Cl)c1NC(C)c1ccc(Cl)c(Cl)c1Cl. The Kier molecular flexibility index (Phi) is 5.09. The van der Waals surface area contributed by atoms with Crippen molar-refractivity contribution in [3.63, 3.8) is 0 Å². The molecule has 0 aromatic heterocycles. The van der Waals surface area contributed by atoms with Crippen molar-refractivity contribution < 1.29 is 0 Å². The monoisotopic (exact) mass is 347 g/mol. The van der Waals surface area contributed by atoms with Crippen molar-refractivity contribution in [3.8, 4) is 0 Å². The van der Waals surface area contributed by atoms with Crippen LogP contribution in [0.15, 0.2) is 30.3 Å². The van der Waals surface area contributed by atoms with Crippen LogP contribution in [0.25, 0.3) is 0 Å². The second-order valence-electron chi connectivity index (χ2n) is 4.56. The van der Waals surface area contributed by atoms with Crippen LogP contribution in [0.4, 0.5) is 5.69 Å². The van der Waals surface area contributed by atoms with Crippen molar-refractivity contribution in [1.82, 2.24) is 0 Å². The molecule has 0 amide bonds. The van der Waals surface area contributed by atoms with Crippen LogP contribution >= 0.6 is 46.4 Å². The van der Waals surface area contributed by atoms with Gasteiger partial charge >= 0.3 is 0 Å². The number of hydrogen-bond acceptors (Lipinski definition) is 1. The molecule has 1 unspecified atom stereocenters. The molecule has 0 aliphatic rings. The van der Waals surface area contributed by atoms with Gasteiger partial charge in [-0.1, -0.05) is 64.6 Å². The van der Waals surface area contributed by atoms with E-state index in [1.54, 1.807) is 6.07 Å². The van der Waals surface area contributed by atoms with Gasteiger partial charge in [0.15, 0.2) is 0 Å². The molecular formula is C15H13Cl4N. The molecule has 0 heterocycles. The zero-order valence-electron chi connectivity index (χ0n) is 11.0. The normalized spacial score (nSPS) is 12.3. The molecule has 1 atom stereocenters. The molecule has 20 heavy (non-hydrogen) atoms. The van der Waals surface area contributed by atoms with Gasteiger partial charge in [-0.15, -0.1) is 0 Å². The Labute approximate surface area is 138 Å². The van der Waals surface area contributed by atoms with E-state index in [1.165, 1.54) is 0 Å². The lowest BCUT2D eigenvalue weighted by Crippen LogP contribution is -2.09. The maximum absolute atomic E-state index is 6.25. The topological polar surface area (TPSA) is 12.0 Å². The summed E-state index contributed by atoms with van der Waals surface area (Å²) in [4.78, 5) is 0. The molecule has 2 rings (SSSR count). The van der Waals surface area contributed by atoms with Gasteiger partial charge in [-0.2, -0.15) is 0 Å². The summed E-state index contributed by atoms with van der Waals surface area (Å²) in [7, 11) is 0. The maximum Gasteiger partial charge on any atom is 0.0782 e. The summed E-state index contributed by atoms with van der Waals surface area (Å²) in [5.74, 6) is 0. The summed E-state index contributed by atoms with van der Waals surface area (Å²) in [5.41, 5.74) is 2.84. The van der Waals surface area contributed by atoms with Crippen molar-refractivity contribution >= 4 is 52.1 Å². The Balaban J connectivity index is 2.34. The minimum absolute atomic E-state index is 0.0455. The first-order chi connectivity index (χ1) is 9.41. The molecule has 0 spiro atoms. The fourth-order valence-corrected chi connectivity index (χ4v) is 2.97. The van der Waals surface area contributed by atoms with Gasteiger partial charge in [0.25, 0.3) is 0 Å². The second kappa shape index (κ2) is 6.44. The van der Waals surface area contributed by atoms with Crippen LogP contribution in [-0.4, -0.2) is 0 Å². The second-order valence-corrected chi connectivity index (χ2v) is 6.13. The van der Waals surface area contributed by atoms with Gasteiger partial charge in [0.1, 0.15) is 0 Å². The van der Waals surface area contributed by atoms with E-state index in [0.29, 0.717) is 20.1 Å². The largest absolute Gasteiger partial charge is 0.377 e. The Morgan fingerprint density at radius 2 is 1.60 bits per heavy atom. The molecule has 0 saturated carbocycles. The molecule has 1 nitrogen and oxygen atoms in total. The van der Waals surface area contributed by atoms with E-state index in [9.17, 15) is 0 Å². The summed E-state index contributed by atoms with van der Waals surface area (Å²) in [5, 5.41) is 5.32. The van der Waals surface area contributed by atoms with Gasteiger partial charge in [-0.25, -0.2) is 0 Å². The molecule has 0 radical (unpaired) electrons. The zero-order chi connectivity index (χ0) is 14.9. The minimum atomic E-state index is -0.0455. The Morgan fingerprint density at radius 3 is 2.25 bits per heavy atom. The van der Waals surface area contributed by atoms with Crippen LogP contribution < -0.4 is 5.32 Å². The van der Waals surface area contributed by atoms with Crippen LogP contribution in [0.2, 0.25) is 20.1 Å². The fourth-order valence-electron chi connectivity index (χ4n) is 1.98. The number of hydrogen-bond donors (Lipinski definition) is 1. The molecule has 0 aliphatic carbocycles. The first-order valence-electron chi connectivity index (χ1n) is 6.07. The fraction of sp³-hybridized carbons (Fsp3) is 0.200. The van der Waals surface area contributed by atoms with E-state index in [4.69, 9.17) is 46.4 Å². The van der Waals surface area contributed by atoms with Crippen LogP contribution in [0, 0.1) is 6.92 Å². The Bertz CT molecular complexity index is 620. The highest BCUT2D eigenvalue weighted by Crippen LogP contribution is 2.37. The highest BCUT2D eigenvalue weighted by molar-refractivity contribution is 6.48. The van der Waals surface area contributed by atoms with E-state index < -0.39 is 0 Å². The maximum atomic E-state index is 6.25. The lowest BCUT2D eigenvalue weighted by atomic mass is 10.1. The highest BCUT2D eigenvalue weighted by atomic mass is 35.5. The third-order valence-electron chi connectivity index (χ3n) is 3.11. The molecule has 0 aliphatic heterocycles. The Morgan fingerprint density at radius 1 is 0.900 bits per heavy atom. The Hall–Kier alpha value is -0.600. The van der Waals surface area contributed by atoms with Gasteiger partial charge in [0.05, 0.1) is 31.8 Å². The third kappa shape index (κ3) is 3.17. The first kappa shape index (κ1) is 15.8. The average molecular weight is 349 g/mol. The van der Waals surface area contributed by atoms with Crippen molar-refractivity contribution in [2.24, 2.45) is 0 Å². The molecular weight excluding hydrogens is 336 g/mol. The number of benzene rings is 2. The minimum Gasteiger partial charge on any atom is -0.377 e. The lowest BCUT2D eigenvalue weighted by molar-refractivity contribution is 0.883. The highest BCUT2D eigenvalue weighted by Gasteiger charge is 2.16.